The normalized spacial score (nSPS) is 14.9. The number of hydrogen-bond acceptors (Lipinski definition) is 3. The third-order valence-electron chi connectivity index (χ3n) is 2.22. The number of rotatable bonds is 3. The Bertz CT molecular complexity index is 350. The van der Waals surface area contributed by atoms with Crippen LogP contribution >= 0.6 is 0 Å². The molecule has 14 heavy (non-hydrogen) atoms. The Morgan fingerprint density at radius 2 is 2.29 bits per heavy atom. The minimum absolute atomic E-state index is 0.219. The Kier molecular flexibility index (Phi) is 2.96. The number of Topliss-reactive ketones (excluding diaryl/α,β-unsaturated/α-hetero) is 1. The molecule has 0 bridgehead atoms. The van der Waals surface area contributed by atoms with E-state index in [1.807, 2.05) is 6.92 Å². The molecule has 0 saturated carbocycles. The number of nitrogens with zero attached hydrogens (tertiary/aromatic N) is 1. The minimum Gasteiger partial charge on any atom is -0.319 e. The molecule has 1 heterocycles. The Hall–Kier alpha value is -1.29. The lowest BCUT2D eigenvalue weighted by Crippen LogP contribution is -2.44. The van der Waals surface area contributed by atoms with E-state index in [2.05, 4.69) is 4.98 Å². The molecule has 0 aliphatic carbocycles. The highest BCUT2D eigenvalue weighted by molar-refractivity contribution is 6.02. The van der Waals surface area contributed by atoms with Gasteiger partial charge in [-0.3, -0.25) is 9.78 Å². The summed E-state index contributed by atoms with van der Waals surface area (Å²) in [4.78, 5) is 15.3. The second kappa shape index (κ2) is 3.84. The van der Waals surface area contributed by atoms with E-state index in [-0.39, 0.29) is 11.3 Å². The van der Waals surface area contributed by atoms with Crippen molar-refractivity contribution in [2.45, 2.75) is 25.8 Å². The molecule has 4 heteroatoms. The maximum Gasteiger partial charge on any atom is 0.183 e. The van der Waals surface area contributed by atoms with Crippen LogP contribution in [0, 0.1) is 5.82 Å². The van der Waals surface area contributed by atoms with Gasteiger partial charge in [0.15, 0.2) is 5.78 Å². The average Bonchev–Trinajstić information content (AvgIpc) is 2.16. The fraction of sp³-hybridized carbons (Fsp3) is 0.400. The second-order valence-electron chi connectivity index (χ2n) is 3.49. The molecule has 1 unspecified atom stereocenters. The van der Waals surface area contributed by atoms with Crippen LogP contribution in [0.5, 0.6) is 0 Å². The summed E-state index contributed by atoms with van der Waals surface area (Å²) in [6.45, 7) is 3.44. The van der Waals surface area contributed by atoms with Crippen molar-refractivity contribution in [3.05, 3.63) is 29.8 Å². The highest BCUT2D eigenvalue weighted by Gasteiger charge is 2.27. The van der Waals surface area contributed by atoms with E-state index in [0.717, 1.165) is 12.3 Å². The molecule has 1 aromatic rings. The van der Waals surface area contributed by atoms with E-state index in [9.17, 15) is 9.18 Å². The lowest BCUT2D eigenvalue weighted by molar-refractivity contribution is 0.0897. The summed E-state index contributed by atoms with van der Waals surface area (Å²) < 4.78 is 12.8. The maximum absolute atomic E-state index is 12.8. The molecule has 1 rings (SSSR count). The van der Waals surface area contributed by atoms with Gasteiger partial charge in [-0.15, -0.1) is 0 Å². The predicted octanol–water partition coefficient (Wildman–Crippen LogP) is 1.53. The number of nitrogens with two attached hydrogens (primary N) is 1. The van der Waals surface area contributed by atoms with Gasteiger partial charge in [-0.1, -0.05) is 6.92 Å². The topological polar surface area (TPSA) is 56.0 Å². The zero-order valence-corrected chi connectivity index (χ0v) is 8.25. The fourth-order valence-corrected chi connectivity index (χ4v) is 1.03. The van der Waals surface area contributed by atoms with Crippen LogP contribution in [0.15, 0.2) is 18.5 Å². The Labute approximate surface area is 82.1 Å². The van der Waals surface area contributed by atoms with Gasteiger partial charge in [0.05, 0.1) is 11.7 Å². The van der Waals surface area contributed by atoms with Crippen molar-refractivity contribution in [3.63, 3.8) is 0 Å². The zero-order chi connectivity index (χ0) is 10.8. The zero-order valence-electron chi connectivity index (χ0n) is 8.25. The largest absolute Gasteiger partial charge is 0.319 e. The molecule has 0 radical (unpaired) electrons. The van der Waals surface area contributed by atoms with E-state index in [1.54, 1.807) is 6.92 Å². The van der Waals surface area contributed by atoms with Crippen LogP contribution in [0.1, 0.15) is 30.6 Å². The molecule has 0 aliphatic heterocycles. The van der Waals surface area contributed by atoms with Crippen LogP contribution in [0.4, 0.5) is 4.39 Å². The Balaban J connectivity index is 3.01. The summed E-state index contributed by atoms with van der Waals surface area (Å²) in [6, 6.07) is 1.15. The maximum atomic E-state index is 12.8. The summed E-state index contributed by atoms with van der Waals surface area (Å²) >= 11 is 0. The standard InChI is InChI=1S/C10H13FN2O/c1-3-10(2,12)9(14)7-4-8(11)6-13-5-7/h4-6H,3,12H2,1-2H3. The molecule has 1 aromatic heterocycles. The van der Waals surface area contributed by atoms with Gasteiger partial charge in [-0.2, -0.15) is 0 Å². The number of hydrogen-bond donors (Lipinski definition) is 1. The summed E-state index contributed by atoms with van der Waals surface area (Å²) in [5, 5.41) is 0. The van der Waals surface area contributed by atoms with E-state index in [4.69, 9.17) is 5.73 Å². The molecule has 0 saturated heterocycles. The molecule has 0 fully saturated rings. The molecule has 76 valence electrons. The molecule has 0 aliphatic rings. The molecule has 1 atom stereocenters. The highest BCUT2D eigenvalue weighted by atomic mass is 19.1. The first-order valence-corrected chi connectivity index (χ1v) is 4.41. The average molecular weight is 196 g/mol. The number of halogens is 1. The van der Waals surface area contributed by atoms with Gasteiger partial charge >= 0.3 is 0 Å². The smallest absolute Gasteiger partial charge is 0.183 e. The summed E-state index contributed by atoms with van der Waals surface area (Å²) in [7, 11) is 0. The van der Waals surface area contributed by atoms with Gasteiger partial charge in [0.25, 0.3) is 0 Å². The van der Waals surface area contributed by atoms with Crippen molar-refractivity contribution in [1.29, 1.82) is 0 Å². The number of aromatic nitrogens is 1. The fourth-order valence-electron chi connectivity index (χ4n) is 1.03. The van der Waals surface area contributed by atoms with Crippen molar-refractivity contribution in [3.8, 4) is 0 Å². The van der Waals surface area contributed by atoms with Crippen molar-refractivity contribution in [2.75, 3.05) is 0 Å². The van der Waals surface area contributed by atoms with Crippen molar-refractivity contribution in [2.24, 2.45) is 5.73 Å². The first kappa shape index (κ1) is 10.8. The van der Waals surface area contributed by atoms with Gasteiger partial charge in [-0.25, -0.2) is 4.39 Å². The number of carbonyl (C=O) groups excluding carboxylic acids is 1. The van der Waals surface area contributed by atoms with Crippen LogP contribution in [0.25, 0.3) is 0 Å². The van der Waals surface area contributed by atoms with E-state index in [0.29, 0.717) is 6.42 Å². The molecule has 0 aromatic carbocycles. The van der Waals surface area contributed by atoms with Gasteiger partial charge in [-0.05, 0) is 19.4 Å². The monoisotopic (exact) mass is 196 g/mol. The first-order valence-electron chi connectivity index (χ1n) is 4.41. The van der Waals surface area contributed by atoms with Crippen LogP contribution in [0.2, 0.25) is 0 Å². The van der Waals surface area contributed by atoms with Crippen molar-refractivity contribution >= 4 is 5.78 Å². The molecular formula is C10H13FN2O. The van der Waals surface area contributed by atoms with Crippen LogP contribution < -0.4 is 5.73 Å². The SMILES string of the molecule is CCC(C)(N)C(=O)c1cncc(F)c1. The Morgan fingerprint density at radius 1 is 1.64 bits per heavy atom. The van der Waals surface area contributed by atoms with Crippen molar-refractivity contribution in [1.82, 2.24) is 4.98 Å². The molecule has 2 N–H and O–H groups in total. The van der Waals surface area contributed by atoms with Gasteiger partial charge < -0.3 is 5.73 Å². The predicted molar refractivity (Wildman–Crippen MR) is 51.4 cm³/mol. The molecule has 0 amide bonds. The highest BCUT2D eigenvalue weighted by Crippen LogP contribution is 2.13. The third-order valence-corrected chi connectivity index (χ3v) is 2.22. The van der Waals surface area contributed by atoms with Crippen LogP contribution in [0.3, 0.4) is 0 Å². The molecular weight excluding hydrogens is 183 g/mol. The van der Waals surface area contributed by atoms with Crippen LogP contribution in [-0.4, -0.2) is 16.3 Å². The lowest BCUT2D eigenvalue weighted by atomic mass is 9.91. The third kappa shape index (κ3) is 2.14. The summed E-state index contributed by atoms with van der Waals surface area (Å²) in [5.41, 5.74) is 5.01. The second-order valence-corrected chi connectivity index (χ2v) is 3.49. The quantitative estimate of drug-likeness (QED) is 0.746. The van der Waals surface area contributed by atoms with Crippen molar-refractivity contribution < 1.29 is 9.18 Å². The van der Waals surface area contributed by atoms with E-state index in [1.165, 1.54) is 6.20 Å². The molecule has 3 nitrogen and oxygen atoms in total. The Morgan fingerprint density at radius 3 is 2.79 bits per heavy atom. The number of carbonyl (C=O) groups is 1. The summed E-state index contributed by atoms with van der Waals surface area (Å²) in [6.07, 6.45) is 2.88. The first-order chi connectivity index (χ1) is 6.47. The summed E-state index contributed by atoms with van der Waals surface area (Å²) in [5.74, 6) is -0.810. The van der Waals surface area contributed by atoms with Gasteiger partial charge in [0.1, 0.15) is 5.82 Å². The number of ketones is 1. The van der Waals surface area contributed by atoms with E-state index >= 15 is 0 Å². The lowest BCUT2D eigenvalue weighted by Gasteiger charge is -2.20. The van der Waals surface area contributed by atoms with E-state index < -0.39 is 11.4 Å². The minimum atomic E-state index is -0.949. The van der Waals surface area contributed by atoms with Gasteiger partial charge in [0.2, 0.25) is 0 Å². The van der Waals surface area contributed by atoms with Crippen LogP contribution in [-0.2, 0) is 0 Å². The number of pyridine rings is 1. The van der Waals surface area contributed by atoms with Gasteiger partial charge in [0, 0.05) is 11.8 Å². The molecule has 0 spiro atoms.